The summed E-state index contributed by atoms with van der Waals surface area (Å²) in [6.45, 7) is 10.4. The molecule has 4 aromatic rings. The lowest BCUT2D eigenvalue weighted by molar-refractivity contribution is 0.0898. The maximum absolute atomic E-state index is 12.6. The number of anilines is 1. The molecular formula is C23H28ClN5O3SSi. The molecule has 0 aliphatic carbocycles. The molecule has 34 heavy (non-hydrogen) atoms. The van der Waals surface area contributed by atoms with E-state index in [1.54, 1.807) is 13.1 Å². The van der Waals surface area contributed by atoms with Crippen molar-refractivity contribution in [2.24, 2.45) is 0 Å². The van der Waals surface area contributed by atoms with Gasteiger partial charge in [0.1, 0.15) is 23.6 Å². The number of aromatic nitrogens is 4. The van der Waals surface area contributed by atoms with Crippen LogP contribution in [0, 0.1) is 6.92 Å². The van der Waals surface area contributed by atoms with Gasteiger partial charge in [-0.1, -0.05) is 31.4 Å². The molecule has 0 aliphatic heterocycles. The van der Waals surface area contributed by atoms with E-state index < -0.39 is 13.7 Å². The predicted octanol–water partition coefficient (Wildman–Crippen LogP) is 5.54. The van der Waals surface area contributed by atoms with Crippen LogP contribution in [0.3, 0.4) is 0 Å². The molecule has 0 saturated heterocycles. The molecule has 0 bridgehead atoms. The van der Waals surface area contributed by atoms with Gasteiger partial charge in [0.25, 0.3) is 0 Å². The standard InChI is InChI=1S/C23H28ClN5O3SSi/c1-14-18-17(22(30)32-19(14)24)20(28-23(27-18)33-2)26-11-15-12-29(13-31-9-10-34(3,4)5)21-16(15)7-6-8-25-21/h6-8,12H,9-11,13H2,1-5H3,(H,26,27,28). The minimum Gasteiger partial charge on any atom is -0.410 e. The van der Waals surface area contributed by atoms with E-state index in [-0.39, 0.29) is 10.6 Å². The van der Waals surface area contributed by atoms with E-state index >= 15 is 0 Å². The zero-order valence-corrected chi connectivity index (χ0v) is 22.5. The van der Waals surface area contributed by atoms with Gasteiger partial charge in [-0.25, -0.2) is 19.7 Å². The average molecular weight is 518 g/mol. The smallest absolute Gasteiger partial charge is 0.350 e. The quantitative estimate of drug-likeness (QED) is 0.134. The van der Waals surface area contributed by atoms with Crippen molar-refractivity contribution in [1.29, 1.82) is 0 Å². The molecule has 180 valence electrons. The number of rotatable bonds is 9. The first-order valence-corrected chi connectivity index (χ1v) is 16.3. The van der Waals surface area contributed by atoms with Crippen LogP contribution in [0.25, 0.3) is 21.9 Å². The Balaban J connectivity index is 1.63. The fourth-order valence-electron chi connectivity index (χ4n) is 3.58. The van der Waals surface area contributed by atoms with Crippen LogP contribution in [0.5, 0.6) is 0 Å². The first kappa shape index (κ1) is 24.7. The summed E-state index contributed by atoms with van der Waals surface area (Å²) in [7, 11) is -1.15. The highest BCUT2D eigenvalue weighted by atomic mass is 35.5. The number of thioether (sulfide) groups is 1. The lowest BCUT2D eigenvalue weighted by Crippen LogP contribution is -2.22. The lowest BCUT2D eigenvalue weighted by atomic mass is 10.2. The van der Waals surface area contributed by atoms with Crippen LogP contribution in [-0.2, 0) is 18.0 Å². The SMILES string of the molecule is CSc1nc(NCc2cn(COCC[Si](C)(C)C)c3ncccc23)c2c(=O)oc(Cl)c(C)c2n1. The summed E-state index contributed by atoms with van der Waals surface area (Å²) in [5.74, 6) is 0.416. The molecule has 0 fully saturated rings. The molecule has 4 aromatic heterocycles. The topological polar surface area (TPSA) is 95.1 Å². The molecule has 0 radical (unpaired) electrons. The zero-order valence-electron chi connectivity index (χ0n) is 19.9. The van der Waals surface area contributed by atoms with Crippen LogP contribution in [0.4, 0.5) is 5.82 Å². The van der Waals surface area contributed by atoms with E-state index in [1.165, 1.54) is 11.8 Å². The Morgan fingerprint density at radius 1 is 1.29 bits per heavy atom. The van der Waals surface area contributed by atoms with Crippen LogP contribution >= 0.6 is 23.4 Å². The Bertz CT molecular complexity index is 1400. The van der Waals surface area contributed by atoms with Gasteiger partial charge in [0, 0.05) is 44.6 Å². The van der Waals surface area contributed by atoms with Gasteiger partial charge in [0.2, 0.25) is 5.22 Å². The summed E-state index contributed by atoms with van der Waals surface area (Å²) in [4.78, 5) is 26.2. The summed E-state index contributed by atoms with van der Waals surface area (Å²) >= 11 is 7.48. The molecule has 0 aromatic carbocycles. The Morgan fingerprint density at radius 3 is 2.82 bits per heavy atom. The monoisotopic (exact) mass is 517 g/mol. The second-order valence-electron chi connectivity index (χ2n) is 9.27. The van der Waals surface area contributed by atoms with Gasteiger partial charge in [0.05, 0.1) is 5.52 Å². The highest BCUT2D eigenvalue weighted by Crippen LogP contribution is 2.28. The maximum atomic E-state index is 12.6. The molecule has 0 amide bonds. The summed E-state index contributed by atoms with van der Waals surface area (Å²) in [5, 5.41) is 5.20. The number of hydrogen-bond acceptors (Lipinski definition) is 8. The number of halogens is 1. The largest absolute Gasteiger partial charge is 0.410 e. The molecule has 11 heteroatoms. The van der Waals surface area contributed by atoms with Gasteiger partial charge in [0.15, 0.2) is 5.16 Å². The number of nitrogens with zero attached hydrogens (tertiary/aromatic N) is 4. The van der Waals surface area contributed by atoms with Gasteiger partial charge in [-0.15, -0.1) is 0 Å². The normalized spacial score (nSPS) is 12.1. The average Bonchev–Trinajstić information content (AvgIpc) is 3.15. The van der Waals surface area contributed by atoms with Crippen molar-refractivity contribution in [2.75, 3.05) is 18.2 Å². The van der Waals surface area contributed by atoms with Crippen molar-refractivity contribution in [3.63, 3.8) is 0 Å². The summed E-state index contributed by atoms with van der Waals surface area (Å²) < 4.78 is 13.2. The number of ether oxygens (including phenoxy) is 1. The van der Waals surface area contributed by atoms with E-state index in [9.17, 15) is 4.79 Å². The van der Waals surface area contributed by atoms with Gasteiger partial charge in [-0.05, 0) is 48.5 Å². The first-order chi connectivity index (χ1) is 16.2. The molecule has 0 atom stereocenters. The molecule has 4 rings (SSSR count). The molecule has 4 heterocycles. The van der Waals surface area contributed by atoms with E-state index in [0.717, 1.165) is 29.2 Å². The van der Waals surface area contributed by atoms with Gasteiger partial charge >= 0.3 is 5.63 Å². The minimum absolute atomic E-state index is 0.0393. The van der Waals surface area contributed by atoms with E-state index in [0.29, 0.717) is 35.3 Å². The fourth-order valence-corrected chi connectivity index (χ4v) is 4.86. The molecule has 0 aliphatic rings. The Hall–Kier alpha value is -2.40. The van der Waals surface area contributed by atoms with Crippen molar-refractivity contribution in [3.05, 3.63) is 51.3 Å². The van der Waals surface area contributed by atoms with Crippen molar-refractivity contribution in [2.45, 2.75) is 51.0 Å². The Labute approximate surface area is 208 Å². The second-order valence-corrected chi connectivity index (χ2v) is 16.0. The molecule has 0 spiro atoms. The summed E-state index contributed by atoms with van der Waals surface area (Å²) in [6.07, 6.45) is 5.69. The lowest BCUT2D eigenvalue weighted by Gasteiger charge is -2.15. The van der Waals surface area contributed by atoms with Crippen LogP contribution in [-0.4, -0.2) is 40.5 Å². The highest BCUT2D eigenvalue weighted by molar-refractivity contribution is 7.98. The highest BCUT2D eigenvalue weighted by Gasteiger charge is 2.18. The third kappa shape index (κ3) is 5.30. The van der Waals surface area contributed by atoms with Crippen molar-refractivity contribution in [3.8, 4) is 0 Å². The Kier molecular flexibility index (Phi) is 7.32. The van der Waals surface area contributed by atoms with Gasteiger partial charge in [-0.3, -0.25) is 0 Å². The number of aryl methyl sites for hydroxylation is 1. The number of nitrogens with one attached hydrogen (secondary N) is 1. The molecule has 0 unspecified atom stereocenters. The molecule has 0 saturated carbocycles. The summed E-state index contributed by atoms with van der Waals surface area (Å²) in [6, 6.07) is 5.05. The third-order valence-electron chi connectivity index (χ3n) is 5.50. The van der Waals surface area contributed by atoms with Crippen molar-refractivity contribution >= 4 is 59.2 Å². The van der Waals surface area contributed by atoms with Crippen molar-refractivity contribution < 1.29 is 9.15 Å². The maximum Gasteiger partial charge on any atom is 0.350 e. The number of hydrogen-bond donors (Lipinski definition) is 1. The zero-order chi connectivity index (χ0) is 24.5. The van der Waals surface area contributed by atoms with Crippen LogP contribution in [0.2, 0.25) is 30.9 Å². The third-order valence-corrected chi connectivity index (χ3v) is 8.11. The first-order valence-electron chi connectivity index (χ1n) is 11.0. The number of pyridine rings is 1. The van der Waals surface area contributed by atoms with E-state index in [1.807, 2.05) is 29.2 Å². The minimum atomic E-state index is -1.15. The molecule has 8 nitrogen and oxygen atoms in total. The van der Waals surface area contributed by atoms with Crippen LogP contribution < -0.4 is 10.9 Å². The van der Waals surface area contributed by atoms with Crippen LogP contribution in [0.1, 0.15) is 11.1 Å². The van der Waals surface area contributed by atoms with Crippen LogP contribution in [0.15, 0.2) is 38.9 Å². The second kappa shape index (κ2) is 10.1. The van der Waals surface area contributed by atoms with Crippen molar-refractivity contribution in [1.82, 2.24) is 19.5 Å². The number of fused-ring (bicyclic) bond motifs is 2. The predicted molar refractivity (Wildman–Crippen MR) is 141 cm³/mol. The fraction of sp³-hybridized carbons (Fsp3) is 0.391. The molecular weight excluding hydrogens is 490 g/mol. The van der Waals surface area contributed by atoms with E-state index in [4.69, 9.17) is 20.8 Å². The van der Waals surface area contributed by atoms with Gasteiger partial charge in [-0.2, -0.15) is 0 Å². The molecule has 1 N–H and O–H groups in total. The van der Waals surface area contributed by atoms with Gasteiger partial charge < -0.3 is 19.0 Å². The summed E-state index contributed by atoms with van der Waals surface area (Å²) in [5.41, 5.74) is 2.40. The van der Waals surface area contributed by atoms with E-state index in [2.05, 4.69) is 39.9 Å². The Morgan fingerprint density at radius 2 is 2.09 bits per heavy atom.